The van der Waals surface area contributed by atoms with Crippen LogP contribution in [0.25, 0.3) is 0 Å². The number of ether oxygens (including phenoxy) is 1. The van der Waals surface area contributed by atoms with Crippen LogP contribution < -0.4 is 15.9 Å². The standard InChI is InChI=1S/C23H22ClO3P/c1-27-23(26)17-19(25)18-28(24,20-11-5-2-6-12-20,21-13-7-3-8-14-21)22-15-9-4-10-16-22/h2-16H,17-18H2,1H3. The Labute approximate surface area is 170 Å². The molecule has 3 nitrogen and oxygen atoms in total. The second kappa shape index (κ2) is 8.26. The van der Waals surface area contributed by atoms with Gasteiger partial charge >= 0.3 is 170 Å². The normalized spacial score (nSPS) is 12.6. The molecule has 0 N–H and O–H groups in total. The summed E-state index contributed by atoms with van der Waals surface area (Å²) in [5, 5.41) is 2.68. The third kappa shape index (κ3) is 3.61. The zero-order valence-electron chi connectivity index (χ0n) is 15.6. The molecule has 0 unspecified atom stereocenters. The molecule has 0 aliphatic carbocycles. The quantitative estimate of drug-likeness (QED) is 0.337. The number of hydrogen-bond acceptors (Lipinski definition) is 3. The summed E-state index contributed by atoms with van der Waals surface area (Å²) in [5.41, 5.74) is 0. The molecule has 0 fully saturated rings. The Kier molecular flexibility index (Phi) is 5.98. The summed E-state index contributed by atoms with van der Waals surface area (Å²) in [6.45, 7) is 0. The number of carbonyl (C=O) groups is 2. The Morgan fingerprint density at radius 1 is 0.750 bits per heavy atom. The van der Waals surface area contributed by atoms with Gasteiger partial charge < -0.3 is 0 Å². The zero-order valence-corrected chi connectivity index (χ0v) is 17.3. The van der Waals surface area contributed by atoms with E-state index in [0.717, 1.165) is 15.9 Å². The predicted molar refractivity (Wildman–Crippen MR) is 118 cm³/mol. The van der Waals surface area contributed by atoms with Crippen LogP contribution in [0.5, 0.6) is 0 Å². The van der Waals surface area contributed by atoms with Gasteiger partial charge in [-0.2, -0.15) is 0 Å². The van der Waals surface area contributed by atoms with E-state index in [-0.39, 0.29) is 18.4 Å². The van der Waals surface area contributed by atoms with Gasteiger partial charge in [-0.05, 0) is 0 Å². The molecule has 3 aromatic rings. The molecular weight excluding hydrogens is 391 g/mol. The number of rotatable bonds is 7. The molecule has 0 atom stereocenters. The van der Waals surface area contributed by atoms with E-state index in [1.165, 1.54) is 7.11 Å². The Morgan fingerprint density at radius 3 is 1.43 bits per heavy atom. The van der Waals surface area contributed by atoms with Crippen molar-refractivity contribution in [1.29, 1.82) is 0 Å². The van der Waals surface area contributed by atoms with Gasteiger partial charge in [0.2, 0.25) is 0 Å². The van der Waals surface area contributed by atoms with E-state index in [0.29, 0.717) is 0 Å². The Bertz CT molecular complexity index is 859. The summed E-state index contributed by atoms with van der Waals surface area (Å²) in [5.74, 6) is -4.46. The van der Waals surface area contributed by atoms with Crippen molar-refractivity contribution in [2.45, 2.75) is 6.42 Å². The van der Waals surface area contributed by atoms with Crippen molar-refractivity contribution < 1.29 is 14.3 Å². The summed E-state index contributed by atoms with van der Waals surface area (Å²) >= 11 is 7.75. The molecule has 3 rings (SSSR count). The van der Waals surface area contributed by atoms with E-state index in [1.54, 1.807) is 0 Å². The van der Waals surface area contributed by atoms with Gasteiger partial charge in [0, 0.05) is 0 Å². The molecule has 0 amide bonds. The van der Waals surface area contributed by atoms with Crippen LogP contribution in [0.2, 0.25) is 0 Å². The van der Waals surface area contributed by atoms with Crippen molar-refractivity contribution in [3.63, 3.8) is 0 Å². The molecule has 0 aromatic heterocycles. The van der Waals surface area contributed by atoms with Crippen LogP contribution in [0.1, 0.15) is 6.42 Å². The fraction of sp³-hybridized carbons (Fsp3) is 0.130. The van der Waals surface area contributed by atoms with E-state index >= 15 is 0 Å². The van der Waals surface area contributed by atoms with Gasteiger partial charge in [-0.3, -0.25) is 0 Å². The molecule has 0 spiro atoms. The van der Waals surface area contributed by atoms with Crippen LogP contribution in [0.3, 0.4) is 0 Å². The maximum atomic E-state index is 13.0. The summed E-state index contributed by atoms with van der Waals surface area (Å²) in [7, 11) is 1.28. The first kappa shape index (κ1) is 20.3. The van der Waals surface area contributed by atoms with Crippen molar-refractivity contribution in [2.75, 3.05) is 13.3 Å². The molecular formula is C23H22ClO3P. The third-order valence-corrected chi connectivity index (χ3v) is 12.1. The van der Waals surface area contributed by atoms with Crippen molar-refractivity contribution in [3.8, 4) is 0 Å². The van der Waals surface area contributed by atoms with Crippen LogP contribution in [-0.2, 0) is 14.3 Å². The van der Waals surface area contributed by atoms with Crippen molar-refractivity contribution in [2.24, 2.45) is 0 Å². The van der Waals surface area contributed by atoms with Gasteiger partial charge in [-0.25, -0.2) is 0 Å². The SMILES string of the molecule is COC(=O)CC(=O)CP(Cl)(c1ccccc1)(c1ccccc1)c1ccccc1. The second-order valence-electron chi connectivity index (χ2n) is 6.64. The number of halogens is 1. The average Bonchev–Trinajstić information content (AvgIpc) is 2.75. The molecule has 0 aliphatic heterocycles. The predicted octanol–water partition coefficient (Wildman–Crippen LogP) is 3.80. The molecule has 0 radical (unpaired) electrons. The molecule has 3 aromatic carbocycles. The number of carbonyl (C=O) groups excluding carboxylic acids is 2. The summed E-state index contributed by atoms with van der Waals surface area (Å²) in [6.07, 6.45) is -0.256. The van der Waals surface area contributed by atoms with Gasteiger partial charge in [0.15, 0.2) is 0 Å². The van der Waals surface area contributed by atoms with E-state index in [9.17, 15) is 9.59 Å². The molecule has 0 aliphatic rings. The van der Waals surface area contributed by atoms with E-state index < -0.39 is 11.9 Å². The molecule has 0 heterocycles. The first-order valence-electron chi connectivity index (χ1n) is 8.97. The Balaban J connectivity index is 2.31. The van der Waals surface area contributed by atoms with E-state index in [1.807, 2.05) is 91.0 Å². The Hall–Kier alpha value is -2.48. The number of Topliss-reactive ketones (excluding diaryl/α,β-unsaturated/α-hetero) is 1. The summed E-state index contributed by atoms with van der Waals surface area (Å²) in [4.78, 5) is 24.8. The number of methoxy groups -OCH3 is 1. The van der Waals surface area contributed by atoms with Crippen LogP contribution in [0, 0.1) is 0 Å². The maximum absolute atomic E-state index is 13.0. The first-order chi connectivity index (χ1) is 13.5. The number of esters is 1. The van der Waals surface area contributed by atoms with Gasteiger partial charge in [-0.15, -0.1) is 0 Å². The minimum absolute atomic E-state index is 0.0420. The molecule has 0 saturated heterocycles. The van der Waals surface area contributed by atoms with Crippen LogP contribution in [-0.4, -0.2) is 25.0 Å². The first-order valence-corrected chi connectivity index (χ1v) is 12.3. The van der Waals surface area contributed by atoms with Gasteiger partial charge in [-0.1, -0.05) is 0 Å². The monoisotopic (exact) mass is 412 g/mol. The van der Waals surface area contributed by atoms with Crippen LogP contribution >= 0.6 is 17.2 Å². The topological polar surface area (TPSA) is 43.4 Å². The van der Waals surface area contributed by atoms with Crippen molar-refractivity contribution >= 4 is 44.9 Å². The molecule has 28 heavy (non-hydrogen) atoms. The fourth-order valence-corrected chi connectivity index (χ4v) is 9.57. The summed E-state index contributed by atoms with van der Waals surface area (Å²) in [6, 6.07) is 29.1. The second-order valence-corrected chi connectivity index (χ2v) is 13.1. The number of hydrogen-bond donors (Lipinski definition) is 0. The van der Waals surface area contributed by atoms with Gasteiger partial charge in [0.1, 0.15) is 0 Å². The van der Waals surface area contributed by atoms with Gasteiger partial charge in [0.05, 0.1) is 0 Å². The van der Waals surface area contributed by atoms with Crippen molar-refractivity contribution in [3.05, 3.63) is 91.0 Å². The van der Waals surface area contributed by atoms with Gasteiger partial charge in [0.25, 0.3) is 0 Å². The fourth-order valence-electron chi connectivity index (χ4n) is 3.56. The van der Waals surface area contributed by atoms with Crippen molar-refractivity contribution in [1.82, 2.24) is 0 Å². The Morgan fingerprint density at radius 2 is 1.11 bits per heavy atom. The third-order valence-electron chi connectivity index (χ3n) is 4.93. The average molecular weight is 413 g/mol. The van der Waals surface area contributed by atoms with Crippen LogP contribution in [0.4, 0.5) is 0 Å². The summed E-state index contributed by atoms with van der Waals surface area (Å²) < 4.78 is 4.70. The molecule has 144 valence electrons. The zero-order chi connectivity index (χ0) is 20.1. The minimum atomic E-state index is -3.67. The molecule has 0 saturated carbocycles. The number of benzene rings is 3. The number of ketones is 1. The van der Waals surface area contributed by atoms with Crippen LogP contribution in [0.15, 0.2) is 91.0 Å². The van der Waals surface area contributed by atoms with E-state index in [4.69, 9.17) is 16.0 Å². The van der Waals surface area contributed by atoms with E-state index in [2.05, 4.69) is 0 Å². The molecule has 0 bridgehead atoms. The molecule has 5 heteroatoms.